The molecule has 5 atom stereocenters. The first-order valence-electron chi connectivity index (χ1n) is 6.68. The largest absolute Gasteiger partial charge is 1.00 e. The van der Waals surface area contributed by atoms with Crippen LogP contribution in [0, 0.1) is 20.2 Å². The average molecular weight is 356 g/mol. The van der Waals surface area contributed by atoms with E-state index >= 15 is 0 Å². The van der Waals surface area contributed by atoms with Crippen LogP contribution in [0.2, 0.25) is 0 Å². The van der Waals surface area contributed by atoms with Crippen LogP contribution in [-0.4, -0.2) is 67.5 Å². The number of nitrogens with zero attached hydrogens (tertiary/aromatic N) is 3. The van der Waals surface area contributed by atoms with Crippen molar-refractivity contribution in [3.05, 3.63) is 20.2 Å². The van der Waals surface area contributed by atoms with Crippen LogP contribution in [-0.2, 0) is 4.79 Å². The summed E-state index contributed by atoms with van der Waals surface area (Å²) < 4.78 is 0.0996. The Kier molecular flexibility index (Phi) is 3.83. The molecule has 3 saturated heterocycles. The maximum Gasteiger partial charge on any atom is 0.309 e. The van der Waals surface area contributed by atoms with E-state index in [-0.39, 0.29) is 55.8 Å². The van der Waals surface area contributed by atoms with Crippen LogP contribution >= 0.6 is 11.6 Å². The summed E-state index contributed by atoms with van der Waals surface area (Å²) in [6.07, 6.45) is -0.122. The van der Waals surface area contributed by atoms with Gasteiger partial charge in [0.1, 0.15) is 12.5 Å². The van der Waals surface area contributed by atoms with Crippen molar-refractivity contribution < 1.29 is 36.6 Å². The summed E-state index contributed by atoms with van der Waals surface area (Å²) in [5.74, 6) is -1.01. The number of halogens is 2. The van der Waals surface area contributed by atoms with Gasteiger partial charge < -0.3 is 22.0 Å². The highest BCUT2D eigenvalue weighted by Crippen LogP contribution is 2.59. The molecule has 124 valence electrons. The van der Waals surface area contributed by atoms with E-state index in [1.165, 1.54) is 0 Å². The summed E-state index contributed by atoms with van der Waals surface area (Å²) in [7, 11) is 0. The summed E-state index contributed by atoms with van der Waals surface area (Å²) in [4.78, 5) is 32.9. The maximum atomic E-state index is 11.5. The fourth-order valence-corrected chi connectivity index (χ4v) is 5.36. The second kappa shape index (κ2) is 4.90. The maximum absolute atomic E-state index is 11.5. The topological polar surface area (TPSA) is 124 Å². The van der Waals surface area contributed by atoms with Crippen molar-refractivity contribution >= 4 is 17.6 Å². The number of rotatable bonds is 5. The highest BCUT2D eigenvalue weighted by Gasteiger charge is 2.85. The molecule has 5 unspecified atom stereocenters. The molecule has 0 radical (unpaired) electrons. The molecule has 4 fully saturated rings. The molecule has 1 N–H and O–H groups in total. The van der Waals surface area contributed by atoms with Gasteiger partial charge in [-0.1, -0.05) is 0 Å². The zero-order chi connectivity index (χ0) is 15.6. The Bertz CT molecular complexity index is 562. The molecule has 1 saturated carbocycles. The van der Waals surface area contributed by atoms with Gasteiger partial charge >= 0.3 is 5.97 Å². The molecule has 0 amide bonds. The minimum atomic E-state index is -1.51. The lowest BCUT2D eigenvalue weighted by Crippen LogP contribution is -3.00. The Morgan fingerprint density at radius 3 is 2.45 bits per heavy atom. The van der Waals surface area contributed by atoms with E-state index in [4.69, 9.17) is 16.7 Å². The van der Waals surface area contributed by atoms with Crippen LogP contribution in [0.15, 0.2) is 0 Å². The fraction of sp³-hybridized carbons (Fsp3) is 0.909. The molecular weight excluding hydrogens is 341 g/mol. The molecule has 4 rings (SSSR count). The van der Waals surface area contributed by atoms with E-state index in [0.29, 0.717) is 0 Å². The van der Waals surface area contributed by atoms with E-state index in [2.05, 4.69) is 0 Å². The smallest absolute Gasteiger partial charge is 0.309 e. The molecule has 11 heteroatoms. The first-order chi connectivity index (χ1) is 9.67. The zero-order valence-electron chi connectivity index (χ0n) is 11.5. The van der Waals surface area contributed by atoms with E-state index in [1.54, 1.807) is 0 Å². The third-order valence-corrected chi connectivity index (χ3v) is 6.20. The van der Waals surface area contributed by atoms with E-state index in [1.807, 2.05) is 0 Å². The van der Waals surface area contributed by atoms with Crippen LogP contribution in [0.1, 0.15) is 19.3 Å². The lowest BCUT2D eigenvalue weighted by Gasteiger charge is -2.38. The molecule has 4 aliphatic rings. The molecule has 9 nitrogen and oxygen atoms in total. The highest BCUT2D eigenvalue weighted by molar-refractivity contribution is 6.22. The van der Waals surface area contributed by atoms with Gasteiger partial charge in [-0.2, -0.15) is 0 Å². The van der Waals surface area contributed by atoms with Crippen LogP contribution < -0.4 is 12.4 Å². The van der Waals surface area contributed by atoms with Gasteiger partial charge in [-0.3, -0.25) is 25.0 Å². The van der Waals surface area contributed by atoms with Crippen molar-refractivity contribution in [2.75, 3.05) is 19.6 Å². The standard InChI is InChI=1S/C11H14ClN3O6.ClH/c12-9-7-3-10(13(18)19)4-11(9,14(20)21)6-15(7,5-10)2-1-8(16)17;/h7,9H,1-6H2;1H. The van der Waals surface area contributed by atoms with Crippen molar-refractivity contribution in [1.29, 1.82) is 0 Å². The van der Waals surface area contributed by atoms with Gasteiger partial charge in [-0.05, 0) is 0 Å². The molecule has 22 heavy (non-hydrogen) atoms. The Hall–Kier alpha value is -1.19. The average Bonchev–Trinajstić information content (AvgIpc) is 2.73. The predicted octanol–water partition coefficient (Wildman–Crippen LogP) is -2.89. The number of carbonyl (C=O) groups is 1. The van der Waals surface area contributed by atoms with Gasteiger partial charge in [-0.15, -0.1) is 11.6 Å². The molecule has 0 spiro atoms. The van der Waals surface area contributed by atoms with Gasteiger partial charge in [0.2, 0.25) is 0 Å². The Morgan fingerprint density at radius 1 is 1.32 bits per heavy atom. The summed E-state index contributed by atoms with van der Waals surface area (Å²) in [6, 6.07) is -0.407. The lowest BCUT2D eigenvalue weighted by molar-refractivity contribution is -0.945. The molecule has 3 aliphatic heterocycles. The monoisotopic (exact) mass is 355 g/mol. The van der Waals surface area contributed by atoms with Crippen molar-refractivity contribution in [2.24, 2.45) is 0 Å². The minimum Gasteiger partial charge on any atom is -1.00 e. The summed E-state index contributed by atoms with van der Waals surface area (Å²) >= 11 is 6.30. The Labute approximate surface area is 136 Å². The number of aliphatic carboxylic acids is 1. The summed E-state index contributed by atoms with van der Waals surface area (Å²) in [6.45, 7) is 0.410. The van der Waals surface area contributed by atoms with Gasteiger partial charge in [0, 0.05) is 9.85 Å². The first-order valence-corrected chi connectivity index (χ1v) is 7.12. The van der Waals surface area contributed by atoms with E-state index in [9.17, 15) is 25.0 Å². The van der Waals surface area contributed by atoms with Crippen LogP contribution in [0.5, 0.6) is 0 Å². The Morgan fingerprint density at radius 2 is 1.95 bits per heavy atom. The molecular formula is C11H15Cl2N3O6. The second-order valence-electron chi connectivity index (χ2n) is 6.59. The van der Waals surface area contributed by atoms with Crippen LogP contribution in [0.25, 0.3) is 0 Å². The van der Waals surface area contributed by atoms with Crippen LogP contribution in [0.3, 0.4) is 0 Å². The van der Waals surface area contributed by atoms with E-state index in [0.717, 1.165) is 0 Å². The number of carboxylic acid groups (broad SMARTS) is 1. The second-order valence-corrected chi connectivity index (χ2v) is 7.06. The van der Waals surface area contributed by atoms with Crippen molar-refractivity contribution in [1.82, 2.24) is 0 Å². The molecule has 1 aliphatic carbocycles. The van der Waals surface area contributed by atoms with Gasteiger partial charge in [0.25, 0.3) is 11.1 Å². The van der Waals surface area contributed by atoms with Gasteiger partial charge in [0.05, 0.1) is 19.4 Å². The van der Waals surface area contributed by atoms with Gasteiger partial charge in [-0.25, -0.2) is 0 Å². The number of quaternary nitrogens is 1. The van der Waals surface area contributed by atoms with Gasteiger partial charge in [0.15, 0.2) is 18.5 Å². The number of piperidine rings is 1. The van der Waals surface area contributed by atoms with E-state index < -0.39 is 38.3 Å². The molecule has 0 aromatic rings. The number of nitro groups is 2. The van der Waals surface area contributed by atoms with Crippen molar-refractivity contribution in [2.45, 2.75) is 41.8 Å². The predicted molar refractivity (Wildman–Crippen MR) is 69.2 cm³/mol. The molecule has 0 aromatic heterocycles. The molecule has 0 aromatic carbocycles. The number of hydrogen-bond donors (Lipinski definition) is 1. The Balaban J connectivity index is 0.00000176. The highest BCUT2D eigenvalue weighted by atomic mass is 35.5. The number of alkyl halides is 1. The zero-order valence-corrected chi connectivity index (χ0v) is 13.0. The minimum absolute atomic E-state index is 0. The SMILES string of the molecule is O=C(O)CC[N+]12CC3([N+](=O)[O-])CC1C(Cl)C([N+](=O)[O-])(C3)C2.[Cl-]. The fourth-order valence-electron chi connectivity index (χ4n) is 4.81. The normalized spacial score (nSPS) is 44.6. The summed E-state index contributed by atoms with van der Waals surface area (Å²) in [5, 5.41) is 31.1. The number of carboxylic acids is 1. The quantitative estimate of drug-likeness (QED) is 0.244. The molecule has 4 bridgehead atoms. The number of hydrogen-bond acceptors (Lipinski definition) is 5. The lowest BCUT2D eigenvalue weighted by atomic mass is 9.72. The van der Waals surface area contributed by atoms with Crippen molar-refractivity contribution in [3.63, 3.8) is 0 Å². The molecule has 3 heterocycles. The van der Waals surface area contributed by atoms with Crippen molar-refractivity contribution in [3.8, 4) is 0 Å². The first kappa shape index (κ1) is 17.2. The third kappa shape index (κ3) is 1.92. The van der Waals surface area contributed by atoms with Crippen LogP contribution in [0.4, 0.5) is 0 Å². The third-order valence-electron chi connectivity index (χ3n) is 5.50. The summed E-state index contributed by atoms with van der Waals surface area (Å²) in [5.41, 5.74) is -2.84.